The number of hydrogen-bond donors (Lipinski definition) is 1. The molecule has 1 heterocycles. The van der Waals surface area contributed by atoms with Crippen LogP contribution in [0.5, 0.6) is 0 Å². The van der Waals surface area contributed by atoms with Gasteiger partial charge in [0.1, 0.15) is 5.76 Å². The topological polar surface area (TPSA) is 25.5 Å². The van der Waals surface area contributed by atoms with Crippen molar-refractivity contribution < 1.29 is 4.42 Å². The van der Waals surface area contributed by atoms with E-state index >= 15 is 0 Å². The third-order valence-electron chi connectivity index (χ3n) is 2.91. The molecule has 0 unspecified atom stereocenters. The van der Waals surface area contributed by atoms with E-state index in [0.717, 1.165) is 25.0 Å². The minimum Gasteiger partial charge on any atom is -0.447 e. The maximum Gasteiger partial charge on any atom is 0.179 e. The van der Waals surface area contributed by atoms with Gasteiger partial charge in [0.25, 0.3) is 0 Å². The molecule has 3 aromatic rings. The minimum atomic E-state index is 0.671. The fourth-order valence-corrected chi connectivity index (χ4v) is 3.49. The number of rotatable bonds is 4. The van der Waals surface area contributed by atoms with Gasteiger partial charge in [0.15, 0.2) is 5.09 Å². The molecule has 0 N–H and O–H groups in total. The Labute approximate surface area is 157 Å². The van der Waals surface area contributed by atoms with E-state index in [4.69, 9.17) is 16.0 Å². The molecule has 0 atom stereocenters. The van der Waals surface area contributed by atoms with Crippen molar-refractivity contribution in [3.63, 3.8) is 0 Å². The van der Waals surface area contributed by atoms with E-state index in [2.05, 4.69) is 33.6 Å². The van der Waals surface area contributed by atoms with Crippen molar-refractivity contribution in [2.75, 3.05) is 0 Å². The predicted octanol–water partition coefficient (Wildman–Crippen LogP) is 6.89. The van der Waals surface area contributed by atoms with Crippen LogP contribution in [0.3, 0.4) is 0 Å². The number of thiol groups is 1. The molecule has 2 nitrogen and oxygen atoms in total. The number of furan rings is 1. The predicted molar refractivity (Wildman–Crippen MR) is 103 cm³/mol. The van der Waals surface area contributed by atoms with Crippen LogP contribution in [0.1, 0.15) is 5.76 Å². The van der Waals surface area contributed by atoms with Gasteiger partial charge in [-0.2, -0.15) is 0 Å². The van der Waals surface area contributed by atoms with Gasteiger partial charge in [-0.25, -0.2) is 0 Å². The van der Waals surface area contributed by atoms with Crippen molar-refractivity contribution in [2.45, 2.75) is 14.9 Å². The Bertz CT molecular complexity index is 846. The standard InChI is InChI=1S/C17H11BrClNOS2/c18-14-9-12(10-20-15-3-1-2-4-16(15)22)21-17(14)23-13-7-5-11(19)6-8-13/h1-10,22H. The summed E-state index contributed by atoms with van der Waals surface area (Å²) in [6, 6.07) is 17.1. The third kappa shape index (κ3) is 4.44. The molecule has 0 bridgehead atoms. The van der Waals surface area contributed by atoms with Crippen molar-refractivity contribution in [3.05, 3.63) is 69.9 Å². The molecule has 23 heavy (non-hydrogen) atoms. The van der Waals surface area contributed by atoms with Crippen LogP contribution in [-0.4, -0.2) is 6.21 Å². The Morgan fingerprint density at radius 2 is 1.87 bits per heavy atom. The van der Waals surface area contributed by atoms with Gasteiger partial charge in [0.2, 0.25) is 0 Å². The van der Waals surface area contributed by atoms with Crippen LogP contribution in [0.25, 0.3) is 0 Å². The monoisotopic (exact) mass is 423 g/mol. The van der Waals surface area contributed by atoms with E-state index in [-0.39, 0.29) is 0 Å². The van der Waals surface area contributed by atoms with E-state index in [1.807, 2.05) is 54.6 Å². The summed E-state index contributed by atoms with van der Waals surface area (Å²) < 4.78 is 6.71. The van der Waals surface area contributed by atoms with Crippen molar-refractivity contribution in [1.29, 1.82) is 0 Å². The molecule has 0 aliphatic heterocycles. The second-order valence-electron chi connectivity index (χ2n) is 4.59. The first-order chi connectivity index (χ1) is 11.1. The van der Waals surface area contributed by atoms with Crippen molar-refractivity contribution in [2.24, 2.45) is 4.99 Å². The van der Waals surface area contributed by atoms with E-state index in [9.17, 15) is 0 Å². The SMILES string of the molecule is Sc1ccccc1N=Cc1cc(Br)c(Sc2ccc(Cl)cc2)o1. The summed E-state index contributed by atoms with van der Waals surface area (Å²) in [6.45, 7) is 0. The van der Waals surface area contributed by atoms with Gasteiger partial charge in [-0.3, -0.25) is 4.99 Å². The molecule has 0 saturated carbocycles. The van der Waals surface area contributed by atoms with Crippen LogP contribution >= 0.6 is 51.9 Å². The van der Waals surface area contributed by atoms with Crippen LogP contribution in [0.15, 0.2) is 83.4 Å². The molecule has 0 fully saturated rings. The summed E-state index contributed by atoms with van der Waals surface area (Å²) in [4.78, 5) is 6.28. The van der Waals surface area contributed by atoms with Gasteiger partial charge in [-0.1, -0.05) is 35.5 Å². The molecule has 0 radical (unpaired) electrons. The number of hydrogen-bond acceptors (Lipinski definition) is 4. The Hall–Kier alpha value is -1.14. The van der Waals surface area contributed by atoms with E-state index < -0.39 is 0 Å². The van der Waals surface area contributed by atoms with E-state index in [1.165, 1.54) is 11.8 Å². The van der Waals surface area contributed by atoms with Gasteiger partial charge in [-0.05, 0) is 52.3 Å². The third-order valence-corrected chi connectivity index (χ3v) is 5.39. The fourth-order valence-electron chi connectivity index (χ4n) is 1.82. The smallest absolute Gasteiger partial charge is 0.179 e. The molecule has 0 spiro atoms. The lowest BCUT2D eigenvalue weighted by Crippen LogP contribution is -1.75. The molecule has 2 aromatic carbocycles. The molecule has 6 heteroatoms. The second-order valence-corrected chi connectivity index (χ2v) is 7.41. The lowest BCUT2D eigenvalue weighted by Gasteiger charge is -1.99. The number of nitrogens with zero attached hydrogens (tertiary/aromatic N) is 1. The quantitative estimate of drug-likeness (QED) is 0.364. The minimum absolute atomic E-state index is 0.671. The highest BCUT2D eigenvalue weighted by Crippen LogP contribution is 2.36. The first-order valence-electron chi connectivity index (χ1n) is 6.66. The number of benzene rings is 2. The molecule has 116 valence electrons. The van der Waals surface area contributed by atoms with Crippen LogP contribution in [0.2, 0.25) is 5.02 Å². The highest BCUT2D eigenvalue weighted by atomic mass is 79.9. The molecular weight excluding hydrogens is 414 g/mol. The zero-order valence-corrected chi connectivity index (χ0v) is 15.8. The number of aliphatic imine (C=N–C) groups is 1. The van der Waals surface area contributed by atoms with Crippen LogP contribution in [0, 0.1) is 0 Å². The maximum atomic E-state index is 5.90. The molecule has 3 rings (SSSR count). The molecule has 0 saturated heterocycles. The first kappa shape index (κ1) is 16.7. The zero-order chi connectivity index (χ0) is 16.2. The summed E-state index contributed by atoms with van der Waals surface area (Å²) >= 11 is 15.3. The maximum absolute atomic E-state index is 5.90. The highest BCUT2D eigenvalue weighted by Gasteiger charge is 2.10. The molecule has 0 aliphatic carbocycles. The second kappa shape index (κ2) is 7.62. The average molecular weight is 425 g/mol. The largest absolute Gasteiger partial charge is 0.447 e. The van der Waals surface area contributed by atoms with E-state index in [0.29, 0.717) is 10.8 Å². The lowest BCUT2D eigenvalue weighted by molar-refractivity contribution is 0.466. The average Bonchev–Trinajstić information content (AvgIpc) is 2.89. The summed E-state index contributed by atoms with van der Waals surface area (Å²) in [5.41, 5.74) is 0.801. The van der Waals surface area contributed by atoms with Gasteiger partial charge >= 0.3 is 0 Å². The van der Waals surface area contributed by atoms with Crippen molar-refractivity contribution in [3.8, 4) is 0 Å². The molecular formula is C17H11BrClNOS2. The Morgan fingerprint density at radius 3 is 2.61 bits per heavy atom. The van der Waals surface area contributed by atoms with Gasteiger partial charge in [0.05, 0.1) is 16.4 Å². The molecule has 0 aliphatic rings. The van der Waals surface area contributed by atoms with Gasteiger partial charge in [-0.15, -0.1) is 12.6 Å². The van der Waals surface area contributed by atoms with Crippen molar-refractivity contribution >= 4 is 63.8 Å². The highest BCUT2D eigenvalue weighted by molar-refractivity contribution is 9.10. The first-order valence-corrected chi connectivity index (χ1v) is 9.10. The lowest BCUT2D eigenvalue weighted by atomic mass is 10.3. The van der Waals surface area contributed by atoms with Crippen LogP contribution in [-0.2, 0) is 0 Å². The fraction of sp³-hybridized carbons (Fsp3) is 0. The number of halogens is 2. The molecule has 1 aromatic heterocycles. The van der Waals surface area contributed by atoms with Crippen LogP contribution in [0.4, 0.5) is 5.69 Å². The van der Waals surface area contributed by atoms with Gasteiger partial charge in [0, 0.05) is 20.9 Å². The summed E-state index contributed by atoms with van der Waals surface area (Å²) in [5.74, 6) is 0.671. The molecule has 0 amide bonds. The Kier molecular flexibility index (Phi) is 5.54. The summed E-state index contributed by atoms with van der Waals surface area (Å²) in [7, 11) is 0. The summed E-state index contributed by atoms with van der Waals surface area (Å²) in [5, 5.41) is 1.49. The Morgan fingerprint density at radius 1 is 1.13 bits per heavy atom. The Balaban J connectivity index is 1.78. The van der Waals surface area contributed by atoms with E-state index in [1.54, 1.807) is 6.21 Å². The van der Waals surface area contributed by atoms with Crippen molar-refractivity contribution in [1.82, 2.24) is 0 Å². The number of para-hydroxylation sites is 1. The zero-order valence-electron chi connectivity index (χ0n) is 11.7. The summed E-state index contributed by atoms with van der Waals surface area (Å²) in [6.07, 6.45) is 1.69. The van der Waals surface area contributed by atoms with Gasteiger partial charge < -0.3 is 4.42 Å². The normalized spacial score (nSPS) is 11.3. The van der Waals surface area contributed by atoms with Crippen LogP contribution < -0.4 is 0 Å².